The molecular weight excluding hydrogens is 188 g/mol. The zero-order valence-electron chi connectivity index (χ0n) is 10.6. The zero-order valence-corrected chi connectivity index (χ0v) is 10.6. The van der Waals surface area contributed by atoms with E-state index in [1.165, 1.54) is 12.8 Å². The maximum atomic E-state index is 5.41. The van der Waals surface area contributed by atoms with Gasteiger partial charge in [0.1, 0.15) is 0 Å². The largest absolute Gasteiger partial charge is 0.381 e. The van der Waals surface area contributed by atoms with Crippen LogP contribution in [0.25, 0.3) is 0 Å². The standard InChI is InChI=1S/C12H26N2O/c1-10(5-7-14(3)4)13-11(2)12-6-8-15-9-12/h10-13H,5-9H2,1-4H3. The van der Waals surface area contributed by atoms with Crippen molar-refractivity contribution in [2.24, 2.45) is 5.92 Å². The Labute approximate surface area is 94.2 Å². The fourth-order valence-corrected chi connectivity index (χ4v) is 2.07. The molecule has 15 heavy (non-hydrogen) atoms. The molecule has 0 radical (unpaired) electrons. The van der Waals surface area contributed by atoms with Crippen molar-refractivity contribution in [1.82, 2.24) is 10.2 Å². The SMILES string of the molecule is CC(CCN(C)C)NC(C)C1CCOC1. The molecule has 1 rings (SSSR count). The highest BCUT2D eigenvalue weighted by Gasteiger charge is 2.22. The Morgan fingerprint density at radius 1 is 1.40 bits per heavy atom. The Kier molecular flexibility index (Phi) is 5.58. The molecule has 0 amide bonds. The summed E-state index contributed by atoms with van der Waals surface area (Å²) in [5.74, 6) is 0.715. The van der Waals surface area contributed by atoms with E-state index in [0.717, 1.165) is 19.8 Å². The van der Waals surface area contributed by atoms with Gasteiger partial charge in [0.15, 0.2) is 0 Å². The van der Waals surface area contributed by atoms with Gasteiger partial charge in [0.2, 0.25) is 0 Å². The van der Waals surface area contributed by atoms with Gasteiger partial charge in [-0.1, -0.05) is 0 Å². The first-order chi connectivity index (χ1) is 7.09. The van der Waals surface area contributed by atoms with E-state index in [0.29, 0.717) is 18.0 Å². The van der Waals surface area contributed by atoms with E-state index in [2.05, 4.69) is 38.2 Å². The summed E-state index contributed by atoms with van der Waals surface area (Å²) >= 11 is 0. The van der Waals surface area contributed by atoms with Crippen LogP contribution in [0.5, 0.6) is 0 Å². The van der Waals surface area contributed by atoms with Crippen LogP contribution in [0.3, 0.4) is 0 Å². The molecular formula is C12H26N2O. The van der Waals surface area contributed by atoms with Crippen molar-refractivity contribution >= 4 is 0 Å². The molecule has 3 atom stereocenters. The third-order valence-corrected chi connectivity index (χ3v) is 3.23. The van der Waals surface area contributed by atoms with Crippen molar-refractivity contribution in [3.8, 4) is 0 Å². The van der Waals surface area contributed by atoms with E-state index in [9.17, 15) is 0 Å². The predicted molar refractivity (Wildman–Crippen MR) is 64.2 cm³/mol. The minimum Gasteiger partial charge on any atom is -0.381 e. The zero-order chi connectivity index (χ0) is 11.3. The smallest absolute Gasteiger partial charge is 0.0509 e. The molecule has 90 valence electrons. The number of hydrogen-bond acceptors (Lipinski definition) is 3. The maximum absolute atomic E-state index is 5.41. The van der Waals surface area contributed by atoms with Gasteiger partial charge in [-0.25, -0.2) is 0 Å². The normalized spacial score (nSPS) is 25.8. The maximum Gasteiger partial charge on any atom is 0.0509 e. The van der Waals surface area contributed by atoms with Gasteiger partial charge in [-0.15, -0.1) is 0 Å². The van der Waals surface area contributed by atoms with Gasteiger partial charge in [0.05, 0.1) is 6.61 Å². The second-order valence-electron chi connectivity index (χ2n) is 5.07. The summed E-state index contributed by atoms with van der Waals surface area (Å²) in [5.41, 5.74) is 0. The van der Waals surface area contributed by atoms with E-state index < -0.39 is 0 Å². The average Bonchev–Trinajstić information content (AvgIpc) is 2.67. The molecule has 3 nitrogen and oxygen atoms in total. The van der Waals surface area contributed by atoms with Crippen molar-refractivity contribution in [2.45, 2.75) is 38.8 Å². The van der Waals surface area contributed by atoms with Crippen LogP contribution in [0.4, 0.5) is 0 Å². The van der Waals surface area contributed by atoms with E-state index in [4.69, 9.17) is 4.74 Å². The molecule has 0 spiro atoms. The van der Waals surface area contributed by atoms with Gasteiger partial charge in [-0.05, 0) is 53.2 Å². The monoisotopic (exact) mass is 214 g/mol. The lowest BCUT2D eigenvalue weighted by atomic mass is 9.99. The first-order valence-electron chi connectivity index (χ1n) is 6.08. The molecule has 1 heterocycles. The summed E-state index contributed by atoms with van der Waals surface area (Å²) < 4.78 is 5.41. The summed E-state index contributed by atoms with van der Waals surface area (Å²) in [6.45, 7) is 7.60. The van der Waals surface area contributed by atoms with Gasteiger partial charge >= 0.3 is 0 Å². The number of nitrogens with zero attached hydrogens (tertiary/aromatic N) is 1. The van der Waals surface area contributed by atoms with Gasteiger partial charge in [-0.2, -0.15) is 0 Å². The molecule has 0 aromatic rings. The second kappa shape index (κ2) is 6.46. The highest BCUT2D eigenvalue weighted by molar-refractivity contribution is 4.78. The molecule has 1 aliphatic heterocycles. The van der Waals surface area contributed by atoms with Crippen LogP contribution in [0.15, 0.2) is 0 Å². The summed E-state index contributed by atoms with van der Waals surface area (Å²) in [7, 11) is 4.25. The summed E-state index contributed by atoms with van der Waals surface area (Å²) in [4.78, 5) is 2.24. The van der Waals surface area contributed by atoms with E-state index >= 15 is 0 Å². The fourth-order valence-electron chi connectivity index (χ4n) is 2.07. The first-order valence-corrected chi connectivity index (χ1v) is 6.08. The lowest BCUT2D eigenvalue weighted by Gasteiger charge is -2.24. The number of rotatable bonds is 6. The Bertz CT molecular complexity index is 167. The Hall–Kier alpha value is -0.120. The number of hydrogen-bond donors (Lipinski definition) is 1. The van der Waals surface area contributed by atoms with Crippen LogP contribution in [-0.4, -0.2) is 50.8 Å². The van der Waals surface area contributed by atoms with Gasteiger partial charge in [-0.3, -0.25) is 0 Å². The molecule has 1 fully saturated rings. The molecule has 0 aromatic carbocycles. The molecule has 1 saturated heterocycles. The van der Waals surface area contributed by atoms with E-state index in [1.54, 1.807) is 0 Å². The van der Waals surface area contributed by atoms with E-state index in [-0.39, 0.29) is 0 Å². The minimum atomic E-state index is 0.588. The van der Waals surface area contributed by atoms with Crippen molar-refractivity contribution in [3.05, 3.63) is 0 Å². The minimum absolute atomic E-state index is 0.588. The molecule has 1 aliphatic rings. The Balaban J connectivity index is 2.15. The summed E-state index contributed by atoms with van der Waals surface area (Å²) in [6, 6.07) is 1.19. The summed E-state index contributed by atoms with van der Waals surface area (Å²) in [6.07, 6.45) is 2.43. The lowest BCUT2D eigenvalue weighted by Crippen LogP contribution is -2.40. The number of ether oxygens (including phenoxy) is 1. The van der Waals surface area contributed by atoms with Gasteiger partial charge < -0.3 is 15.0 Å². The Morgan fingerprint density at radius 2 is 2.13 bits per heavy atom. The van der Waals surface area contributed by atoms with Crippen molar-refractivity contribution in [1.29, 1.82) is 0 Å². The fraction of sp³-hybridized carbons (Fsp3) is 1.00. The molecule has 0 aliphatic carbocycles. The molecule has 3 unspecified atom stereocenters. The van der Waals surface area contributed by atoms with Gasteiger partial charge in [0.25, 0.3) is 0 Å². The summed E-state index contributed by atoms with van der Waals surface area (Å²) in [5, 5.41) is 3.67. The average molecular weight is 214 g/mol. The molecule has 0 saturated carbocycles. The third kappa shape index (κ3) is 4.96. The highest BCUT2D eigenvalue weighted by Crippen LogP contribution is 2.16. The molecule has 0 bridgehead atoms. The highest BCUT2D eigenvalue weighted by atomic mass is 16.5. The van der Waals surface area contributed by atoms with E-state index in [1.807, 2.05) is 0 Å². The van der Waals surface area contributed by atoms with Crippen LogP contribution in [0.1, 0.15) is 26.7 Å². The van der Waals surface area contributed by atoms with Gasteiger partial charge in [0, 0.05) is 18.7 Å². The predicted octanol–water partition coefficient (Wildman–Crippen LogP) is 1.34. The van der Waals surface area contributed by atoms with Crippen LogP contribution >= 0.6 is 0 Å². The second-order valence-corrected chi connectivity index (χ2v) is 5.07. The van der Waals surface area contributed by atoms with Crippen LogP contribution in [0, 0.1) is 5.92 Å². The molecule has 3 heteroatoms. The van der Waals surface area contributed by atoms with Crippen molar-refractivity contribution in [3.63, 3.8) is 0 Å². The van der Waals surface area contributed by atoms with Crippen LogP contribution < -0.4 is 5.32 Å². The topological polar surface area (TPSA) is 24.5 Å². The molecule has 1 N–H and O–H groups in total. The van der Waals surface area contributed by atoms with Crippen molar-refractivity contribution in [2.75, 3.05) is 33.9 Å². The Morgan fingerprint density at radius 3 is 2.67 bits per heavy atom. The first kappa shape index (κ1) is 12.9. The molecule has 0 aromatic heterocycles. The van der Waals surface area contributed by atoms with Crippen LogP contribution in [-0.2, 0) is 4.74 Å². The number of nitrogens with one attached hydrogen (secondary N) is 1. The van der Waals surface area contributed by atoms with Crippen molar-refractivity contribution < 1.29 is 4.74 Å². The third-order valence-electron chi connectivity index (χ3n) is 3.23. The lowest BCUT2D eigenvalue weighted by molar-refractivity contribution is 0.176. The van der Waals surface area contributed by atoms with Crippen LogP contribution in [0.2, 0.25) is 0 Å². The quantitative estimate of drug-likeness (QED) is 0.722.